The molecular weight excluding hydrogens is 848 g/mol. The normalized spacial score (nSPS) is 37.8. The third-order valence-electron chi connectivity index (χ3n) is 14.7. The number of hydrogen-bond acceptors (Lipinski definition) is 11. The SMILES string of the molecule is CC[C@H]1CCC[C@H](OCc2ccc(OC)cc2)[C@@H](C)C(=O)C2=C[C@@H]3[C@@H](C=C(Br)[C@H]4[C@H]3C[C@H](O[C@@H]3O[C@@H](C)[C@H](OC)[C@@H](OC)[C@H]3OC)[C@@H]4O[Si](C)(C)C(C)(C)C)[C@@H]2CC(=O)O1. The van der Waals surface area contributed by atoms with Gasteiger partial charge in [-0.2, -0.15) is 0 Å². The Morgan fingerprint density at radius 2 is 1.55 bits per heavy atom. The standard InChI is InChI=1S/C47H71BrO11Si/c1-13-29-15-14-16-37(55-25-28-17-19-30(51-7)20-18-28)26(2)41(50)35-21-31-32(33(35)24-39(49)57-29)22-36(48)40-34(31)23-38(43(40)59-60(11,12)47(4,5)6)58-46-45(54-10)44(53-9)42(52-8)27(3)56-46/h17-22,26-27,29,31-34,37-38,40,42-46H,13-16,23-25H2,1-12H3/t26-,27+,29+,31-,32-,33+,34+,37+,38+,40-,42+,43+,44-,45-,46+/m1/s1. The smallest absolute Gasteiger partial charge is 0.306 e. The first-order chi connectivity index (χ1) is 28.5. The second-order valence-electron chi connectivity index (χ2n) is 19.2. The summed E-state index contributed by atoms with van der Waals surface area (Å²) in [7, 11) is 4.28. The molecule has 336 valence electrons. The maximum absolute atomic E-state index is 14.9. The van der Waals surface area contributed by atoms with Gasteiger partial charge in [0, 0.05) is 39.1 Å². The average Bonchev–Trinajstić information content (AvgIpc) is 3.74. The lowest BCUT2D eigenvalue weighted by Gasteiger charge is -2.46. The van der Waals surface area contributed by atoms with Crippen molar-refractivity contribution in [3.63, 3.8) is 0 Å². The summed E-state index contributed by atoms with van der Waals surface area (Å²) < 4.78 is 57.9. The van der Waals surface area contributed by atoms with E-state index in [2.05, 4.69) is 68.9 Å². The highest BCUT2D eigenvalue weighted by Crippen LogP contribution is 2.59. The zero-order valence-corrected chi connectivity index (χ0v) is 40.5. The Hall–Kier alpha value is -1.94. The third-order valence-corrected chi connectivity index (χ3v) is 19.9. The van der Waals surface area contributed by atoms with Crippen molar-refractivity contribution in [1.82, 2.24) is 0 Å². The molecule has 6 rings (SSSR count). The number of carbonyl (C=O) groups excluding carboxylic acids is 2. The van der Waals surface area contributed by atoms with Gasteiger partial charge in [0.25, 0.3) is 0 Å². The van der Waals surface area contributed by atoms with Crippen LogP contribution >= 0.6 is 15.9 Å². The van der Waals surface area contributed by atoms with Crippen molar-refractivity contribution in [2.24, 2.45) is 35.5 Å². The van der Waals surface area contributed by atoms with Crippen LogP contribution in [0.3, 0.4) is 0 Å². The lowest BCUT2D eigenvalue weighted by Crippen LogP contribution is -2.60. The van der Waals surface area contributed by atoms with Crippen LogP contribution in [-0.4, -0.2) is 104 Å². The number of fused-ring (bicyclic) bond motifs is 5. The lowest BCUT2D eigenvalue weighted by atomic mass is 9.70. The molecule has 1 saturated carbocycles. The maximum Gasteiger partial charge on any atom is 0.306 e. The number of ketones is 1. The molecule has 1 aromatic carbocycles. The molecule has 13 heteroatoms. The number of ether oxygens (including phenoxy) is 8. The number of hydrogen-bond donors (Lipinski definition) is 0. The van der Waals surface area contributed by atoms with E-state index >= 15 is 0 Å². The summed E-state index contributed by atoms with van der Waals surface area (Å²) in [6, 6.07) is 7.85. The van der Waals surface area contributed by atoms with E-state index in [4.69, 9.17) is 42.3 Å². The molecule has 0 amide bonds. The van der Waals surface area contributed by atoms with Gasteiger partial charge in [0.15, 0.2) is 20.4 Å². The van der Waals surface area contributed by atoms with Crippen molar-refractivity contribution in [3.05, 3.63) is 52.0 Å². The Bertz CT molecular complexity index is 1690. The molecule has 1 aromatic rings. The molecule has 2 aliphatic heterocycles. The molecule has 3 aliphatic carbocycles. The van der Waals surface area contributed by atoms with Crippen LogP contribution in [0.25, 0.3) is 0 Å². The molecule has 0 unspecified atom stereocenters. The van der Waals surface area contributed by atoms with E-state index in [1.165, 1.54) is 0 Å². The molecule has 2 heterocycles. The fourth-order valence-corrected chi connectivity index (χ4v) is 12.4. The molecule has 3 fully saturated rings. The summed E-state index contributed by atoms with van der Waals surface area (Å²) in [5, 5.41) is -0.0543. The van der Waals surface area contributed by atoms with Gasteiger partial charge in [-0.1, -0.05) is 74.8 Å². The number of rotatable bonds is 12. The number of benzene rings is 1. The van der Waals surface area contributed by atoms with Crippen LogP contribution in [0.2, 0.25) is 18.1 Å². The average molecular weight is 920 g/mol. The van der Waals surface area contributed by atoms with Gasteiger partial charge in [0.05, 0.1) is 44.6 Å². The van der Waals surface area contributed by atoms with Gasteiger partial charge in [0.1, 0.15) is 30.2 Å². The van der Waals surface area contributed by atoms with E-state index in [1.807, 2.05) is 38.1 Å². The van der Waals surface area contributed by atoms with E-state index in [-0.39, 0.29) is 89.4 Å². The van der Waals surface area contributed by atoms with Crippen LogP contribution in [0.1, 0.15) is 85.6 Å². The minimum Gasteiger partial charge on any atom is -0.497 e. The second kappa shape index (κ2) is 19.8. The molecule has 15 atom stereocenters. The summed E-state index contributed by atoms with van der Waals surface area (Å²) in [5.41, 5.74) is 1.72. The number of carbonyl (C=O) groups is 2. The van der Waals surface area contributed by atoms with Gasteiger partial charge in [-0.3, -0.25) is 9.59 Å². The van der Waals surface area contributed by atoms with Gasteiger partial charge in [-0.05, 0) is 103 Å². The van der Waals surface area contributed by atoms with E-state index in [0.717, 1.165) is 35.1 Å². The largest absolute Gasteiger partial charge is 0.497 e. The molecule has 0 aromatic heterocycles. The number of halogens is 1. The Morgan fingerprint density at radius 3 is 2.17 bits per heavy atom. The highest BCUT2D eigenvalue weighted by molar-refractivity contribution is 9.11. The maximum atomic E-state index is 14.9. The number of Topliss-reactive ketones (excluding diaryl/α,β-unsaturated/α-hetero) is 1. The summed E-state index contributed by atoms with van der Waals surface area (Å²) >= 11 is 4.08. The Morgan fingerprint density at radius 1 is 0.867 bits per heavy atom. The Kier molecular flexibility index (Phi) is 15.7. The fourth-order valence-electron chi connectivity index (χ4n) is 10.2. The number of cyclic esters (lactones) is 1. The first-order valence-electron chi connectivity index (χ1n) is 22.1. The molecule has 0 N–H and O–H groups in total. The molecule has 2 saturated heterocycles. The van der Waals surface area contributed by atoms with Crippen LogP contribution in [0, 0.1) is 35.5 Å². The van der Waals surface area contributed by atoms with Crippen LogP contribution in [0.15, 0.2) is 46.5 Å². The summed E-state index contributed by atoms with van der Waals surface area (Å²) in [4.78, 5) is 28.7. The lowest BCUT2D eigenvalue weighted by molar-refractivity contribution is -0.318. The second-order valence-corrected chi connectivity index (χ2v) is 24.9. The Balaban J connectivity index is 1.35. The third kappa shape index (κ3) is 9.89. The predicted molar refractivity (Wildman–Crippen MR) is 235 cm³/mol. The molecule has 60 heavy (non-hydrogen) atoms. The number of allylic oxidation sites excluding steroid dienone is 3. The summed E-state index contributed by atoms with van der Waals surface area (Å²) in [5.74, 6) is -0.272. The van der Waals surface area contributed by atoms with E-state index in [1.54, 1.807) is 28.4 Å². The van der Waals surface area contributed by atoms with Crippen LogP contribution < -0.4 is 4.74 Å². The molecular formula is C47H71BrO11Si. The monoisotopic (exact) mass is 918 g/mol. The molecule has 0 spiro atoms. The first-order valence-corrected chi connectivity index (χ1v) is 25.8. The molecule has 11 nitrogen and oxygen atoms in total. The number of esters is 1. The number of methoxy groups -OCH3 is 4. The summed E-state index contributed by atoms with van der Waals surface area (Å²) in [6.45, 7) is 17.7. The highest BCUT2D eigenvalue weighted by Gasteiger charge is 2.59. The van der Waals surface area contributed by atoms with Crippen molar-refractivity contribution in [2.75, 3.05) is 28.4 Å². The molecule has 0 radical (unpaired) electrons. The van der Waals surface area contributed by atoms with Crippen molar-refractivity contribution < 1.29 is 51.9 Å². The predicted octanol–water partition coefficient (Wildman–Crippen LogP) is 8.96. The van der Waals surface area contributed by atoms with Gasteiger partial charge in [-0.25, -0.2) is 0 Å². The summed E-state index contributed by atoms with van der Waals surface area (Å²) in [6.07, 6.45) is 4.71. The highest BCUT2D eigenvalue weighted by atomic mass is 79.9. The Labute approximate surface area is 368 Å². The van der Waals surface area contributed by atoms with Crippen LogP contribution in [-0.2, 0) is 53.8 Å². The van der Waals surface area contributed by atoms with Gasteiger partial charge in [-0.15, -0.1) is 0 Å². The van der Waals surface area contributed by atoms with E-state index < -0.39 is 32.7 Å². The fraction of sp³-hybridized carbons (Fsp3) is 0.745. The first kappa shape index (κ1) is 47.5. The van der Waals surface area contributed by atoms with E-state index in [9.17, 15) is 9.59 Å². The van der Waals surface area contributed by atoms with Crippen LogP contribution in [0.4, 0.5) is 0 Å². The topological polar surface area (TPSA) is 117 Å². The van der Waals surface area contributed by atoms with Crippen molar-refractivity contribution >= 4 is 36.0 Å². The van der Waals surface area contributed by atoms with Crippen molar-refractivity contribution in [3.8, 4) is 5.75 Å². The minimum absolute atomic E-state index is 0.0286. The van der Waals surface area contributed by atoms with Gasteiger partial charge >= 0.3 is 5.97 Å². The minimum atomic E-state index is -2.34. The van der Waals surface area contributed by atoms with Crippen molar-refractivity contribution in [1.29, 1.82) is 0 Å². The van der Waals surface area contributed by atoms with Crippen molar-refractivity contribution in [2.45, 2.75) is 160 Å². The quantitative estimate of drug-likeness (QED) is 0.148. The van der Waals surface area contributed by atoms with E-state index in [0.29, 0.717) is 25.0 Å². The zero-order valence-electron chi connectivity index (χ0n) is 37.9. The molecule has 5 aliphatic rings. The van der Waals surface area contributed by atoms with Gasteiger partial charge < -0.3 is 42.3 Å². The molecule has 0 bridgehead atoms. The van der Waals surface area contributed by atoms with Gasteiger partial charge in [0.2, 0.25) is 0 Å². The zero-order chi connectivity index (χ0) is 43.7. The van der Waals surface area contributed by atoms with Crippen LogP contribution in [0.5, 0.6) is 5.75 Å².